The van der Waals surface area contributed by atoms with E-state index in [0.29, 0.717) is 11.3 Å². The molecule has 142 valence electrons. The summed E-state index contributed by atoms with van der Waals surface area (Å²) in [6, 6.07) is 3.98. The van der Waals surface area contributed by atoms with Gasteiger partial charge in [0.2, 0.25) is 11.8 Å². The number of carbonyl (C=O) groups is 3. The van der Waals surface area contributed by atoms with E-state index >= 15 is 0 Å². The third-order valence-electron chi connectivity index (χ3n) is 3.40. The molecule has 2 rings (SSSR count). The van der Waals surface area contributed by atoms with Crippen LogP contribution in [0.15, 0.2) is 24.3 Å². The molecule has 0 bridgehead atoms. The highest BCUT2D eigenvalue weighted by Crippen LogP contribution is 2.26. The van der Waals surface area contributed by atoms with Gasteiger partial charge < -0.3 is 15.4 Å². The van der Waals surface area contributed by atoms with Crippen LogP contribution in [0.5, 0.6) is 0 Å². The molecule has 1 heterocycles. The van der Waals surface area contributed by atoms with E-state index in [1.807, 2.05) is 0 Å². The van der Waals surface area contributed by atoms with Crippen molar-refractivity contribution in [3.63, 3.8) is 0 Å². The lowest BCUT2D eigenvalue weighted by Crippen LogP contribution is -2.59. The summed E-state index contributed by atoms with van der Waals surface area (Å²) >= 11 is 0.831. The van der Waals surface area contributed by atoms with Crippen molar-refractivity contribution in [3.05, 3.63) is 29.8 Å². The normalized spacial score (nSPS) is 20.2. The number of methoxy groups -OCH3 is 1. The molecule has 0 spiro atoms. The van der Waals surface area contributed by atoms with Crippen molar-refractivity contribution in [1.29, 1.82) is 0 Å². The molecule has 1 aromatic rings. The minimum Gasteiger partial charge on any atom is -0.465 e. The molecule has 1 saturated heterocycles. The van der Waals surface area contributed by atoms with Crippen LogP contribution in [-0.2, 0) is 14.3 Å². The van der Waals surface area contributed by atoms with E-state index < -0.39 is 41.9 Å². The first-order valence-electron chi connectivity index (χ1n) is 7.41. The maximum atomic E-state index is 12.7. The second-order valence-corrected chi connectivity index (χ2v) is 6.43. The van der Waals surface area contributed by atoms with Gasteiger partial charge >= 0.3 is 12.1 Å². The fourth-order valence-electron chi connectivity index (χ4n) is 2.14. The van der Waals surface area contributed by atoms with Gasteiger partial charge in [0.1, 0.15) is 11.5 Å². The highest BCUT2D eigenvalue weighted by atomic mass is 32.2. The Morgan fingerprint density at radius 1 is 1.31 bits per heavy atom. The first-order chi connectivity index (χ1) is 12.2. The Kier molecular flexibility index (Phi) is 6.48. The number of rotatable bonds is 5. The summed E-state index contributed by atoms with van der Waals surface area (Å²) < 4.78 is 42.7. The van der Waals surface area contributed by atoms with Crippen molar-refractivity contribution in [2.45, 2.75) is 24.1 Å². The standard InChI is InChI=1S/C15H16F3N3O4S/c1-25-13(24)8-2-4-9(5-3-8)19-12(23)7-26-14-20-10(15(16,17)18)6-11(22)21-14/h2-5,10,14,20H,6-7H2,1H3,(H,19,23)(H,21,22). The van der Waals surface area contributed by atoms with E-state index in [0.717, 1.165) is 11.8 Å². The molecule has 26 heavy (non-hydrogen) atoms. The average Bonchev–Trinajstić information content (AvgIpc) is 2.59. The van der Waals surface area contributed by atoms with Gasteiger partial charge in [-0.15, -0.1) is 11.8 Å². The van der Waals surface area contributed by atoms with Crippen LogP contribution < -0.4 is 16.0 Å². The van der Waals surface area contributed by atoms with Gasteiger partial charge in [-0.05, 0) is 24.3 Å². The summed E-state index contributed by atoms with van der Waals surface area (Å²) in [5, 5.41) is 7.13. The summed E-state index contributed by atoms with van der Waals surface area (Å²) in [5.41, 5.74) is -0.292. The molecular weight excluding hydrogens is 375 g/mol. The monoisotopic (exact) mass is 391 g/mol. The summed E-state index contributed by atoms with van der Waals surface area (Å²) in [6.07, 6.45) is -5.24. The zero-order valence-corrected chi connectivity index (χ0v) is 14.4. The van der Waals surface area contributed by atoms with Gasteiger partial charge in [-0.3, -0.25) is 14.9 Å². The lowest BCUT2D eigenvalue weighted by molar-refractivity contribution is -0.167. The minimum absolute atomic E-state index is 0.179. The lowest BCUT2D eigenvalue weighted by atomic mass is 10.1. The number of halogens is 3. The molecular formula is C15H16F3N3O4S. The molecule has 1 aliphatic heterocycles. The Bertz CT molecular complexity index is 682. The average molecular weight is 391 g/mol. The first-order valence-corrected chi connectivity index (χ1v) is 8.46. The summed E-state index contributed by atoms with van der Waals surface area (Å²) in [6.45, 7) is 0. The number of thioether (sulfide) groups is 1. The van der Waals surface area contributed by atoms with Crippen molar-refractivity contribution in [2.75, 3.05) is 18.2 Å². The summed E-state index contributed by atoms with van der Waals surface area (Å²) in [7, 11) is 1.25. The zero-order chi connectivity index (χ0) is 19.3. The van der Waals surface area contributed by atoms with Crippen molar-refractivity contribution < 1.29 is 32.3 Å². The molecule has 0 saturated carbocycles. The second kappa shape index (κ2) is 8.41. The molecule has 3 N–H and O–H groups in total. The van der Waals surface area contributed by atoms with Crippen LogP contribution in [0, 0.1) is 0 Å². The topological polar surface area (TPSA) is 96.5 Å². The van der Waals surface area contributed by atoms with E-state index in [1.54, 1.807) is 0 Å². The predicted molar refractivity (Wildman–Crippen MR) is 88.4 cm³/mol. The molecule has 0 aromatic heterocycles. The molecule has 0 aliphatic carbocycles. The van der Waals surface area contributed by atoms with Gasteiger partial charge in [-0.2, -0.15) is 13.2 Å². The van der Waals surface area contributed by atoms with Gasteiger partial charge in [0, 0.05) is 5.69 Å². The van der Waals surface area contributed by atoms with E-state index in [9.17, 15) is 27.6 Å². The quantitative estimate of drug-likeness (QED) is 0.658. The number of alkyl halides is 3. The van der Waals surface area contributed by atoms with Crippen LogP contribution in [0.2, 0.25) is 0 Å². The number of benzene rings is 1. The number of nitrogens with one attached hydrogen (secondary N) is 3. The predicted octanol–water partition coefficient (Wildman–Crippen LogP) is 1.47. The smallest absolute Gasteiger partial charge is 0.404 e. The Hall–Kier alpha value is -2.27. The van der Waals surface area contributed by atoms with Crippen LogP contribution >= 0.6 is 11.8 Å². The molecule has 2 amide bonds. The minimum atomic E-state index is -4.54. The summed E-state index contributed by atoms with van der Waals surface area (Å²) in [4.78, 5) is 34.6. The first kappa shape index (κ1) is 20.0. The van der Waals surface area contributed by atoms with Crippen molar-refractivity contribution in [2.24, 2.45) is 0 Å². The van der Waals surface area contributed by atoms with Crippen LogP contribution in [0.1, 0.15) is 16.8 Å². The number of carbonyl (C=O) groups excluding carboxylic acids is 3. The fourth-order valence-corrected chi connectivity index (χ4v) is 3.00. The maximum Gasteiger partial charge on any atom is 0.404 e. The third-order valence-corrected chi connectivity index (χ3v) is 4.42. The van der Waals surface area contributed by atoms with E-state index in [2.05, 4.69) is 20.7 Å². The zero-order valence-electron chi connectivity index (χ0n) is 13.6. The molecule has 11 heteroatoms. The molecule has 2 unspecified atom stereocenters. The van der Waals surface area contributed by atoms with Crippen molar-refractivity contribution in [3.8, 4) is 0 Å². The van der Waals surface area contributed by atoms with Gasteiger partial charge in [-0.1, -0.05) is 0 Å². The van der Waals surface area contributed by atoms with Crippen LogP contribution in [-0.4, -0.2) is 48.4 Å². The van der Waals surface area contributed by atoms with Crippen molar-refractivity contribution >= 4 is 35.2 Å². The fraction of sp³-hybridized carbons (Fsp3) is 0.400. The highest BCUT2D eigenvalue weighted by Gasteiger charge is 2.44. The lowest BCUT2D eigenvalue weighted by Gasteiger charge is -2.32. The summed E-state index contributed by atoms with van der Waals surface area (Å²) in [5.74, 6) is -1.90. The number of ether oxygens (including phenoxy) is 1. The van der Waals surface area contributed by atoms with Crippen molar-refractivity contribution in [1.82, 2.24) is 10.6 Å². The number of esters is 1. The van der Waals surface area contributed by atoms with E-state index in [-0.39, 0.29) is 5.75 Å². The second-order valence-electron chi connectivity index (χ2n) is 5.34. The SMILES string of the molecule is COC(=O)c1ccc(NC(=O)CSC2NC(=O)CC(C(F)(F)F)N2)cc1. The molecule has 7 nitrogen and oxygen atoms in total. The van der Waals surface area contributed by atoms with E-state index in [1.165, 1.54) is 31.4 Å². The van der Waals surface area contributed by atoms with Gasteiger partial charge in [-0.25, -0.2) is 4.79 Å². The van der Waals surface area contributed by atoms with Crippen LogP contribution in [0.25, 0.3) is 0 Å². The Morgan fingerprint density at radius 3 is 2.54 bits per heavy atom. The van der Waals surface area contributed by atoms with E-state index in [4.69, 9.17) is 0 Å². The third kappa shape index (κ3) is 5.63. The molecule has 2 atom stereocenters. The molecule has 1 aliphatic rings. The Morgan fingerprint density at radius 2 is 1.96 bits per heavy atom. The van der Waals surface area contributed by atoms with Gasteiger partial charge in [0.05, 0.1) is 24.8 Å². The maximum absolute atomic E-state index is 12.7. The number of hydrogen-bond donors (Lipinski definition) is 3. The van der Waals surface area contributed by atoms with Gasteiger partial charge in [0.25, 0.3) is 0 Å². The van der Waals surface area contributed by atoms with Gasteiger partial charge in [0.15, 0.2) is 0 Å². The number of hydrogen-bond acceptors (Lipinski definition) is 6. The highest BCUT2D eigenvalue weighted by molar-refractivity contribution is 8.00. The molecule has 1 aromatic carbocycles. The molecule has 0 radical (unpaired) electrons. The number of anilines is 1. The van der Waals surface area contributed by atoms with Crippen LogP contribution in [0.4, 0.5) is 18.9 Å². The number of amides is 2. The largest absolute Gasteiger partial charge is 0.465 e. The molecule has 1 fully saturated rings. The Balaban J connectivity index is 1.84. The van der Waals surface area contributed by atoms with Crippen LogP contribution in [0.3, 0.4) is 0 Å². The Labute approximate surface area is 151 Å².